The third-order valence-corrected chi connectivity index (χ3v) is 6.77. The van der Waals surface area contributed by atoms with E-state index in [1.165, 1.54) is 0 Å². The minimum Gasteiger partial charge on any atom is -0.489 e. The zero-order valence-corrected chi connectivity index (χ0v) is 21.6. The van der Waals surface area contributed by atoms with Gasteiger partial charge in [-0.25, -0.2) is 0 Å². The summed E-state index contributed by atoms with van der Waals surface area (Å²) in [5.74, 6) is 0.882. The molecule has 1 aliphatic rings. The Hall–Kier alpha value is -4.01. The molecular weight excluding hydrogens is 480 g/mol. The normalized spacial score (nSPS) is 13.8. The van der Waals surface area contributed by atoms with Gasteiger partial charge in [-0.05, 0) is 52.4 Å². The Morgan fingerprint density at radius 3 is 2.53 bits per heavy atom. The number of benzene rings is 2. The lowest BCUT2D eigenvalue weighted by molar-refractivity contribution is 0.0925. The Morgan fingerprint density at radius 2 is 1.82 bits per heavy atom. The summed E-state index contributed by atoms with van der Waals surface area (Å²) >= 11 is 0. The monoisotopic (exact) mass is 512 g/mol. The molecule has 3 heterocycles. The van der Waals surface area contributed by atoms with Crippen LogP contribution in [0.3, 0.4) is 0 Å². The van der Waals surface area contributed by atoms with Crippen LogP contribution >= 0.6 is 0 Å². The second kappa shape index (κ2) is 11.2. The van der Waals surface area contributed by atoms with Crippen molar-refractivity contribution in [3.63, 3.8) is 0 Å². The number of pyridine rings is 1. The van der Waals surface area contributed by atoms with Gasteiger partial charge in [0, 0.05) is 36.5 Å². The highest BCUT2D eigenvalue weighted by molar-refractivity contribution is 6.03. The molecule has 0 bridgehead atoms. The van der Waals surface area contributed by atoms with E-state index in [9.17, 15) is 15.0 Å². The molecule has 1 amide bonds. The molecule has 1 unspecified atom stereocenters. The lowest BCUT2D eigenvalue weighted by Gasteiger charge is -2.17. The molecule has 2 aromatic carbocycles. The third kappa shape index (κ3) is 5.32. The molecule has 0 aliphatic carbocycles. The van der Waals surface area contributed by atoms with E-state index < -0.39 is 6.10 Å². The predicted octanol–water partition coefficient (Wildman–Crippen LogP) is 3.95. The fourth-order valence-corrected chi connectivity index (χ4v) is 4.89. The number of rotatable bonds is 9. The van der Waals surface area contributed by atoms with E-state index in [0.29, 0.717) is 43.5 Å². The van der Waals surface area contributed by atoms with E-state index in [0.717, 1.165) is 39.1 Å². The Kier molecular flexibility index (Phi) is 7.53. The van der Waals surface area contributed by atoms with E-state index in [2.05, 4.69) is 30.2 Å². The molecule has 2 aromatic heterocycles. The third-order valence-electron chi connectivity index (χ3n) is 6.77. The van der Waals surface area contributed by atoms with Gasteiger partial charge in [0.05, 0.1) is 19.3 Å². The van der Waals surface area contributed by atoms with Crippen LogP contribution in [0.1, 0.15) is 46.9 Å². The van der Waals surface area contributed by atoms with Gasteiger partial charge in [0.15, 0.2) is 0 Å². The second-order valence-corrected chi connectivity index (χ2v) is 9.83. The van der Waals surface area contributed by atoms with Gasteiger partial charge in [-0.15, -0.1) is 0 Å². The Morgan fingerprint density at radius 1 is 1.05 bits per heavy atom. The van der Waals surface area contributed by atoms with Crippen LogP contribution in [0, 0.1) is 0 Å². The van der Waals surface area contributed by atoms with Crippen molar-refractivity contribution in [3.05, 3.63) is 89.4 Å². The molecule has 1 atom stereocenters. The maximum absolute atomic E-state index is 12.8. The molecule has 38 heavy (non-hydrogen) atoms. The van der Waals surface area contributed by atoms with Crippen molar-refractivity contribution in [1.82, 2.24) is 20.1 Å². The van der Waals surface area contributed by atoms with Crippen LogP contribution in [0.4, 0.5) is 0 Å². The fourth-order valence-electron chi connectivity index (χ4n) is 4.89. The highest BCUT2D eigenvalue weighted by Gasteiger charge is 2.28. The standard InChI is InChI=1S/C30H32N4O4/c1-19(2)26-8-3-20(15-23(26)16-24(36)17-35)18-38-25-6-4-21(5-7-25)27-28(22-9-11-31-12-10-22)33-34-14-13-32-30(37)29(27)34/h3-12,15,19,24,35-36H,13-14,16-18H2,1-2H3,(H,32,37). The van der Waals surface area contributed by atoms with Crippen LogP contribution < -0.4 is 10.1 Å². The number of nitrogens with zero attached hydrogens (tertiary/aromatic N) is 3. The zero-order chi connectivity index (χ0) is 26.6. The largest absolute Gasteiger partial charge is 0.489 e. The van der Waals surface area contributed by atoms with E-state index in [4.69, 9.17) is 9.84 Å². The van der Waals surface area contributed by atoms with Crippen LogP contribution in [0.25, 0.3) is 22.4 Å². The number of aliphatic hydroxyl groups excluding tert-OH is 2. The molecule has 0 spiro atoms. The first-order valence-electron chi connectivity index (χ1n) is 12.9. The Labute approximate surface area is 221 Å². The van der Waals surface area contributed by atoms with Crippen molar-refractivity contribution in [1.29, 1.82) is 0 Å². The zero-order valence-electron chi connectivity index (χ0n) is 21.6. The van der Waals surface area contributed by atoms with Crippen LogP contribution in [0.5, 0.6) is 5.75 Å². The number of ether oxygens (including phenoxy) is 1. The SMILES string of the molecule is CC(C)c1ccc(COc2ccc(-c3c(-c4ccncc4)nn4c3C(=O)NCC4)cc2)cc1CC(O)CO. The van der Waals surface area contributed by atoms with Crippen LogP contribution in [0.15, 0.2) is 67.0 Å². The number of hydrogen-bond donors (Lipinski definition) is 3. The van der Waals surface area contributed by atoms with Crippen LogP contribution in [-0.2, 0) is 19.6 Å². The van der Waals surface area contributed by atoms with Gasteiger partial charge in [-0.2, -0.15) is 5.10 Å². The maximum atomic E-state index is 12.8. The number of hydrogen-bond acceptors (Lipinski definition) is 6. The van der Waals surface area contributed by atoms with Crippen molar-refractivity contribution < 1.29 is 19.7 Å². The quantitative estimate of drug-likeness (QED) is 0.313. The van der Waals surface area contributed by atoms with Crippen molar-refractivity contribution in [2.75, 3.05) is 13.2 Å². The number of nitrogens with one attached hydrogen (secondary N) is 1. The Balaban J connectivity index is 1.39. The summed E-state index contributed by atoms with van der Waals surface area (Å²) < 4.78 is 7.86. The first-order chi connectivity index (χ1) is 18.4. The average Bonchev–Trinajstić information content (AvgIpc) is 3.33. The van der Waals surface area contributed by atoms with Gasteiger partial charge in [0.1, 0.15) is 23.7 Å². The number of aromatic nitrogens is 3. The molecule has 1 aliphatic heterocycles. The van der Waals surface area contributed by atoms with Gasteiger partial charge >= 0.3 is 0 Å². The van der Waals surface area contributed by atoms with E-state index in [1.54, 1.807) is 17.1 Å². The summed E-state index contributed by atoms with van der Waals surface area (Å²) in [4.78, 5) is 16.9. The fraction of sp³-hybridized carbons (Fsp3) is 0.300. The maximum Gasteiger partial charge on any atom is 0.270 e. The highest BCUT2D eigenvalue weighted by Crippen LogP contribution is 2.36. The lowest BCUT2D eigenvalue weighted by atomic mass is 9.92. The molecule has 0 fully saturated rings. The molecule has 0 radical (unpaired) electrons. The first-order valence-corrected chi connectivity index (χ1v) is 12.9. The topological polar surface area (TPSA) is 110 Å². The van der Waals surface area contributed by atoms with Crippen LogP contribution in [0.2, 0.25) is 0 Å². The van der Waals surface area contributed by atoms with Gasteiger partial charge in [-0.1, -0.05) is 44.2 Å². The average molecular weight is 513 g/mol. The molecule has 0 saturated heterocycles. The van der Waals surface area contributed by atoms with Gasteiger partial charge < -0.3 is 20.3 Å². The summed E-state index contributed by atoms with van der Waals surface area (Å²) in [5, 5.41) is 27.0. The van der Waals surface area contributed by atoms with E-state index in [1.807, 2.05) is 48.5 Å². The smallest absolute Gasteiger partial charge is 0.270 e. The summed E-state index contributed by atoms with van der Waals surface area (Å²) in [6, 6.07) is 17.6. The number of carbonyl (C=O) groups excluding carboxylic acids is 1. The van der Waals surface area contributed by atoms with E-state index in [-0.39, 0.29) is 12.5 Å². The minimum atomic E-state index is -0.787. The lowest BCUT2D eigenvalue weighted by Crippen LogP contribution is -2.35. The van der Waals surface area contributed by atoms with Gasteiger partial charge in [-0.3, -0.25) is 14.5 Å². The van der Waals surface area contributed by atoms with Crippen molar-refractivity contribution in [3.8, 4) is 28.1 Å². The molecular formula is C30H32N4O4. The minimum absolute atomic E-state index is 0.133. The second-order valence-electron chi connectivity index (χ2n) is 9.83. The first kappa shape index (κ1) is 25.6. The highest BCUT2D eigenvalue weighted by atomic mass is 16.5. The predicted molar refractivity (Wildman–Crippen MR) is 145 cm³/mol. The molecule has 8 nitrogen and oxygen atoms in total. The molecule has 0 saturated carbocycles. The molecule has 5 rings (SSSR count). The molecule has 8 heteroatoms. The number of fused-ring (bicyclic) bond motifs is 1. The number of aliphatic hydroxyl groups is 2. The molecule has 4 aromatic rings. The van der Waals surface area contributed by atoms with Crippen molar-refractivity contribution in [2.45, 2.75) is 45.4 Å². The van der Waals surface area contributed by atoms with E-state index >= 15 is 0 Å². The summed E-state index contributed by atoms with van der Waals surface area (Å²) in [6.07, 6.45) is 3.05. The van der Waals surface area contributed by atoms with Crippen molar-refractivity contribution in [2.24, 2.45) is 0 Å². The molecule has 196 valence electrons. The number of carbonyl (C=O) groups is 1. The summed E-state index contributed by atoms with van der Waals surface area (Å²) in [5.41, 5.74) is 7.03. The molecule has 3 N–H and O–H groups in total. The van der Waals surface area contributed by atoms with Gasteiger partial charge in [0.2, 0.25) is 0 Å². The Bertz CT molecular complexity index is 1410. The van der Waals surface area contributed by atoms with Crippen molar-refractivity contribution >= 4 is 5.91 Å². The van der Waals surface area contributed by atoms with Gasteiger partial charge in [0.25, 0.3) is 5.91 Å². The summed E-state index contributed by atoms with van der Waals surface area (Å²) in [7, 11) is 0. The summed E-state index contributed by atoms with van der Waals surface area (Å²) in [6.45, 7) is 5.50. The number of amides is 1. The van der Waals surface area contributed by atoms with Crippen LogP contribution in [-0.4, -0.2) is 50.1 Å².